The average molecular weight is 405 g/mol. The first-order valence-corrected chi connectivity index (χ1v) is 7.79. The van der Waals surface area contributed by atoms with E-state index in [9.17, 15) is 31.9 Å². The number of aliphatic hydroxyl groups is 1. The lowest BCUT2D eigenvalue weighted by atomic mass is 10.1. The number of pyridine rings is 1. The summed E-state index contributed by atoms with van der Waals surface area (Å²) < 4.78 is 69.6. The average Bonchev–Trinajstić information content (AvgIpc) is 2.57. The van der Waals surface area contributed by atoms with Crippen molar-refractivity contribution in [3.63, 3.8) is 0 Å². The van der Waals surface area contributed by atoms with Gasteiger partial charge in [-0.2, -0.15) is 13.2 Å². The highest BCUT2D eigenvalue weighted by molar-refractivity contribution is 5.88. The van der Waals surface area contributed by atoms with E-state index in [0.29, 0.717) is 17.9 Å². The van der Waals surface area contributed by atoms with Crippen LogP contribution >= 0.6 is 0 Å². The molecule has 0 bridgehead atoms. The molecule has 1 aromatic heterocycles. The van der Waals surface area contributed by atoms with E-state index < -0.39 is 36.0 Å². The van der Waals surface area contributed by atoms with Crippen LogP contribution in [0, 0.1) is 11.6 Å². The van der Waals surface area contributed by atoms with Crippen LogP contribution in [-0.2, 0) is 0 Å². The fourth-order valence-electron chi connectivity index (χ4n) is 2.03. The van der Waals surface area contributed by atoms with Gasteiger partial charge in [0, 0.05) is 13.1 Å². The number of anilines is 1. The van der Waals surface area contributed by atoms with E-state index in [0.717, 1.165) is 25.4 Å². The Labute approximate surface area is 156 Å². The summed E-state index contributed by atoms with van der Waals surface area (Å²) in [5.41, 5.74) is -3.08. The standard InChI is InChI=1S/C17H16F5N3O3/c1-16(27,17(20,21)22)9-25(2)15(26)24-14-6-4-11(8-23-14)28-13-5-3-10(18)7-12(13)19/h3-8,27H,9H2,1-2H3,(H,23,24,26)/t16-/m1/s1. The lowest BCUT2D eigenvalue weighted by Crippen LogP contribution is -2.52. The van der Waals surface area contributed by atoms with Gasteiger partial charge in [0.2, 0.25) is 0 Å². The third-order valence-corrected chi connectivity index (χ3v) is 3.60. The third kappa shape index (κ3) is 5.28. The number of hydrogen-bond donors (Lipinski definition) is 2. The highest BCUT2D eigenvalue weighted by atomic mass is 19.4. The molecule has 0 saturated carbocycles. The Morgan fingerprint density at radius 1 is 1.25 bits per heavy atom. The number of carbonyl (C=O) groups is 1. The van der Waals surface area contributed by atoms with Gasteiger partial charge in [-0.3, -0.25) is 5.32 Å². The second-order valence-electron chi connectivity index (χ2n) is 6.11. The van der Waals surface area contributed by atoms with Crippen molar-refractivity contribution in [3.8, 4) is 11.5 Å². The summed E-state index contributed by atoms with van der Waals surface area (Å²) in [4.78, 5) is 16.4. The van der Waals surface area contributed by atoms with E-state index in [1.165, 1.54) is 12.1 Å². The van der Waals surface area contributed by atoms with E-state index in [2.05, 4.69) is 10.3 Å². The molecule has 2 N–H and O–H groups in total. The summed E-state index contributed by atoms with van der Waals surface area (Å²) in [5.74, 6) is -1.87. The molecule has 0 spiro atoms. The van der Waals surface area contributed by atoms with Gasteiger partial charge in [-0.1, -0.05) is 0 Å². The van der Waals surface area contributed by atoms with Gasteiger partial charge in [-0.25, -0.2) is 18.6 Å². The number of nitrogens with zero attached hydrogens (tertiary/aromatic N) is 2. The summed E-state index contributed by atoms with van der Waals surface area (Å²) in [7, 11) is 1.07. The van der Waals surface area contributed by atoms with Gasteiger partial charge in [-0.15, -0.1) is 0 Å². The van der Waals surface area contributed by atoms with Crippen LogP contribution in [0.4, 0.5) is 32.6 Å². The van der Waals surface area contributed by atoms with Crippen LogP contribution in [-0.4, -0.2) is 46.4 Å². The number of nitrogens with one attached hydrogen (secondary N) is 1. The van der Waals surface area contributed by atoms with Gasteiger partial charge < -0.3 is 14.7 Å². The van der Waals surface area contributed by atoms with Gasteiger partial charge in [0.15, 0.2) is 17.2 Å². The maximum absolute atomic E-state index is 13.5. The number of benzene rings is 1. The molecule has 0 saturated heterocycles. The van der Waals surface area contributed by atoms with Crippen LogP contribution in [0.5, 0.6) is 11.5 Å². The van der Waals surface area contributed by atoms with Crippen LogP contribution in [0.3, 0.4) is 0 Å². The minimum Gasteiger partial charge on any atom is -0.453 e. The Balaban J connectivity index is 1.99. The molecule has 1 aromatic carbocycles. The molecule has 152 valence electrons. The lowest BCUT2D eigenvalue weighted by Gasteiger charge is -2.30. The highest BCUT2D eigenvalue weighted by Crippen LogP contribution is 2.30. The van der Waals surface area contributed by atoms with Crippen LogP contribution in [0.15, 0.2) is 36.5 Å². The van der Waals surface area contributed by atoms with Crippen LogP contribution < -0.4 is 10.1 Å². The van der Waals surface area contributed by atoms with E-state index in [1.807, 2.05) is 0 Å². The number of alkyl halides is 3. The maximum atomic E-state index is 13.5. The Hall–Kier alpha value is -2.95. The molecular weight excluding hydrogens is 389 g/mol. The molecule has 0 aliphatic heterocycles. The number of urea groups is 1. The number of likely N-dealkylation sites (N-methyl/N-ethyl adjacent to an activating group) is 1. The van der Waals surface area contributed by atoms with E-state index in [1.54, 1.807) is 0 Å². The molecule has 6 nitrogen and oxygen atoms in total. The van der Waals surface area contributed by atoms with Crippen molar-refractivity contribution in [2.45, 2.75) is 18.7 Å². The maximum Gasteiger partial charge on any atom is 0.418 e. The number of hydrogen-bond acceptors (Lipinski definition) is 4. The van der Waals surface area contributed by atoms with Crippen molar-refractivity contribution in [2.75, 3.05) is 18.9 Å². The lowest BCUT2D eigenvalue weighted by molar-refractivity contribution is -0.254. The number of halogens is 5. The van der Waals surface area contributed by atoms with E-state index >= 15 is 0 Å². The molecule has 11 heteroatoms. The first kappa shape index (κ1) is 21.4. The largest absolute Gasteiger partial charge is 0.453 e. The summed E-state index contributed by atoms with van der Waals surface area (Å²) in [6, 6.07) is 4.38. The van der Waals surface area contributed by atoms with Crippen molar-refractivity contribution in [1.82, 2.24) is 9.88 Å². The molecular formula is C17H16F5N3O3. The first-order chi connectivity index (χ1) is 12.9. The minimum atomic E-state index is -4.91. The normalized spacial score (nSPS) is 13.6. The Morgan fingerprint density at radius 2 is 1.93 bits per heavy atom. The Bertz CT molecular complexity index is 841. The van der Waals surface area contributed by atoms with Crippen molar-refractivity contribution in [1.29, 1.82) is 0 Å². The molecule has 1 heterocycles. The minimum absolute atomic E-state index is 0.0181. The highest BCUT2D eigenvalue weighted by Gasteiger charge is 2.50. The zero-order chi connectivity index (χ0) is 21.1. The van der Waals surface area contributed by atoms with Gasteiger partial charge in [0.25, 0.3) is 0 Å². The molecule has 2 aromatic rings. The Kier molecular flexibility index (Phi) is 6.07. The number of amides is 2. The molecule has 2 amide bonds. The van der Waals surface area contributed by atoms with Crippen molar-refractivity contribution < 1.29 is 36.6 Å². The van der Waals surface area contributed by atoms with Gasteiger partial charge >= 0.3 is 12.2 Å². The van der Waals surface area contributed by atoms with Crippen molar-refractivity contribution >= 4 is 11.8 Å². The van der Waals surface area contributed by atoms with Crippen LogP contribution in [0.1, 0.15) is 6.92 Å². The first-order valence-electron chi connectivity index (χ1n) is 7.79. The number of ether oxygens (including phenoxy) is 1. The van der Waals surface area contributed by atoms with Crippen molar-refractivity contribution in [3.05, 3.63) is 48.2 Å². The molecule has 2 rings (SSSR count). The third-order valence-electron chi connectivity index (χ3n) is 3.60. The van der Waals surface area contributed by atoms with Crippen LogP contribution in [0.25, 0.3) is 0 Å². The molecule has 1 atom stereocenters. The summed E-state index contributed by atoms with van der Waals surface area (Å²) in [5, 5.41) is 11.7. The molecule has 0 radical (unpaired) electrons. The zero-order valence-corrected chi connectivity index (χ0v) is 14.7. The monoisotopic (exact) mass is 405 g/mol. The Morgan fingerprint density at radius 3 is 2.46 bits per heavy atom. The van der Waals surface area contributed by atoms with E-state index in [-0.39, 0.29) is 17.3 Å². The quantitative estimate of drug-likeness (QED) is 0.740. The molecule has 0 aliphatic rings. The smallest absolute Gasteiger partial charge is 0.418 e. The van der Waals surface area contributed by atoms with Gasteiger partial charge in [0.1, 0.15) is 17.4 Å². The predicted molar refractivity (Wildman–Crippen MR) is 89.0 cm³/mol. The number of carbonyl (C=O) groups excluding carboxylic acids is 1. The van der Waals surface area contributed by atoms with E-state index in [4.69, 9.17) is 4.74 Å². The number of rotatable bonds is 5. The van der Waals surface area contributed by atoms with Crippen molar-refractivity contribution in [2.24, 2.45) is 0 Å². The fourth-order valence-corrected chi connectivity index (χ4v) is 2.03. The topological polar surface area (TPSA) is 74.7 Å². The van der Waals surface area contributed by atoms with Gasteiger partial charge in [0.05, 0.1) is 12.7 Å². The fraction of sp³-hybridized carbons (Fsp3) is 0.294. The second-order valence-corrected chi connectivity index (χ2v) is 6.11. The summed E-state index contributed by atoms with van der Waals surface area (Å²) in [6.07, 6.45) is -3.78. The zero-order valence-electron chi connectivity index (χ0n) is 14.7. The number of aromatic nitrogens is 1. The SMILES string of the molecule is CN(C[C@@](C)(O)C(F)(F)F)C(=O)Nc1ccc(Oc2ccc(F)cc2F)cn1. The summed E-state index contributed by atoms with van der Waals surface area (Å²) in [6.45, 7) is -0.441. The summed E-state index contributed by atoms with van der Waals surface area (Å²) >= 11 is 0. The molecule has 28 heavy (non-hydrogen) atoms. The van der Waals surface area contributed by atoms with Gasteiger partial charge in [-0.05, 0) is 31.2 Å². The second kappa shape index (κ2) is 7.97. The molecule has 0 aliphatic carbocycles. The predicted octanol–water partition coefficient (Wildman–Crippen LogP) is 3.93. The molecule has 0 unspecified atom stereocenters. The molecule has 0 fully saturated rings. The van der Waals surface area contributed by atoms with Crippen LogP contribution in [0.2, 0.25) is 0 Å².